The van der Waals surface area contributed by atoms with Crippen molar-refractivity contribution in [1.29, 1.82) is 0 Å². The van der Waals surface area contributed by atoms with E-state index in [9.17, 15) is 4.79 Å². The van der Waals surface area contributed by atoms with E-state index in [0.717, 1.165) is 12.8 Å². The Balaban J connectivity index is 3.65. The van der Waals surface area contributed by atoms with E-state index in [1.54, 1.807) is 13.0 Å². The van der Waals surface area contributed by atoms with Crippen molar-refractivity contribution in [2.24, 2.45) is 0 Å². The minimum absolute atomic E-state index is 0.211. The molecule has 0 aromatic heterocycles. The molecule has 3 nitrogen and oxygen atoms in total. The third kappa shape index (κ3) is 6.34. The molecule has 0 aromatic rings. The molecule has 0 radical (unpaired) electrons. The fourth-order valence-corrected chi connectivity index (χ4v) is 0.915. The molecule has 0 aliphatic carbocycles. The molecule has 13 heavy (non-hydrogen) atoms. The first-order valence-electron chi connectivity index (χ1n) is 4.59. The molecule has 3 heteroatoms. The van der Waals surface area contributed by atoms with E-state index in [1.165, 1.54) is 0 Å². The SMILES string of the molecule is CCCC(C)OC/C=C(/C)C(=O)O. The van der Waals surface area contributed by atoms with Crippen molar-refractivity contribution in [1.82, 2.24) is 0 Å². The van der Waals surface area contributed by atoms with Gasteiger partial charge in [0, 0.05) is 5.57 Å². The van der Waals surface area contributed by atoms with E-state index in [-0.39, 0.29) is 6.10 Å². The minimum Gasteiger partial charge on any atom is -0.478 e. The van der Waals surface area contributed by atoms with Crippen LogP contribution in [0.3, 0.4) is 0 Å². The van der Waals surface area contributed by atoms with Crippen molar-refractivity contribution >= 4 is 5.97 Å². The molecule has 0 saturated heterocycles. The van der Waals surface area contributed by atoms with E-state index in [4.69, 9.17) is 9.84 Å². The third-order valence-corrected chi connectivity index (χ3v) is 1.80. The van der Waals surface area contributed by atoms with Gasteiger partial charge in [-0.15, -0.1) is 0 Å². The number of hydrogen-bond donors (Lipinski definition) is 1. The molecule has 1 unspecified atom stereocenters. The van der Waals surface area contributed by atoms with Gasteiger partial charge in [0.2, 0.25) is 0 Å². The Bertz CT molecular complexity index is 185. The summed E-state index contributed by atoms with van der Waals surface area (Å²) in [6.45, 7) is 6.04. The fraction of sp³-hybridized carbons (Fsp3) is 0.700. The number of hydrogen-bond acceptors (Lipinski definition) is 2. The number of aliphatic carboxylic acids is 1. The molecule has 0 spiro atoms. The van der Waals surface area contributed by atoms with Gasteiger partial charge in [-0.2, -0.15) is 0 Å². The maximum absolute atomic E-state index is 10.4. The first-order chi connectivity index (χ1) is 6.07. The summed E-state index contributed by atoms with van der Waals surface area (Å²) in [5.74, 6) is -0.883. The zero-order chi connectivity index (χ0) is 10.3. The molecule has 0 amide bonds. The Kier molecular flexibility index (Phi) is 6.24. The van der Waals surface area contributed by atoms with Crippen LogP contribution in [0.5, 0.6) is 0 Å². The van der Waals surface area contributed by atoms with Gasteiger partial charge in [0.05, 0.1) is 12.7 Å². The number of carboxylic acid groups (broad SMARTS) is 1. The fourth-order valence-electron chi connectivity index (χ4n) is 0.915. The van der Waals surface area contributed by atoms with Gasteiger partial charge in [-0.25, -0.2) is 4.79 Å². The topological polar surface area (TPSA) is 46.5 Å². The molecule has 0 bridgehead atoms. The van der Waals surface area contributed by atoms with E-state index in [1.807, 2.05) is 6.92 Å². The molecule has 0 aliphatic heterocycles. The molecular weight excluding hydrogens is 168 g/mol. The predicted octanol–water partition coefficient (Wildman–Crippen LogP) is 2.22. The van der Waals surface area contributed by atoms with Gasteiger partial charge in [0.25, 0.3) is 0 Å². The molecule has 1 N–H and O–H groups in total. The Morgan fingerprint density at radius 1 is 1.62 bits per heavy atom. The summed E-state index contributed by atoms with van der Waals surface area (Å²) in [6, 6.07) is 0. The lowest BCUT2D eigenvalue weighted by molar-refractivity contribution is -0.132. The summed E-state index contributed by atoms with van der Waals surface area (Å²) >= 11 is 0. The van der Waals surface area contributed by atoms with Crippen LogP contribution < -0.4 is 0 Å². The van der Waals surface area contributed by atoms with Crippen LogP contribution in [0, 0.1) is 0 Å². The van der Waals surface area contributed by atoms with E-state index in [2.05, 4.69) is 6.92 Å². The monoisotopic (exact) mass is 186 g/mol. The van der Waals surface area contributed by atoms with Crippen LogP contribution in [0.15, 0.2) is 11.6 Å². The van der Waals surface area contributed by atoms with Crippen molar-refractivity contribution in [2.45, 2.75) is 39.7 Å². The number of carboxylic acids is 1. The number of rotatable bonds is 6. The van der Waals surface area contributed by atoms with E-state index < -0.39 is 5.97 Å². The maximum Gasteiger partial charge on any atom is 0.331 e. The van der Waals surface area contributed by atoms with Gasteiger partial charge in [-0.05, 0) is 26.3 Å². The Morgan fingerprint density at radius 3 is 2.69 bits per heavy atom. The highest BCUT2D eigenvalue weighted by Gasteiger charge is 2.01. The molecule has 0 saturated carbocycles. The largest absolute Gasteiger partial charge is 0.478 e. The van der Waals surface area contributed by atoms with E-state index >= 15 is 0 Å². The van der Waals surface area contributed by atoms with Crippen LogP contribution in [0.4, 0.5) is 0 Å². The number of ether oxygens (including phenoxy) is 1. The first-order valence-corrected chi connectivity index (χ1v) is 4.59. The van der Waals surface area contributed by atoms with Gasteiger partial charge in [-0.3, -0.25) is 0 Å². The summed E-state index contributed by atoms with van der Waals surface area (Å²) in [6.07, 6.45) is 3.90. The smallest absolute Gasteiger partial charge is 0.331 e. The third-order valence-electron chi connectivity index (χ3n) is 1.80. The molecule has 1 atom stereocenters. The average molecular weight is 186 g/mol. The molecule has 0 rings (SSSR count). The molecule has 0 heterocycles. The minimum atomic E-state index is -0.883. The molecule has 0 aliphatic rings. The summed E-state index contributed by atoms with van der Waals surface area (Å²) in [4.78, 5) is 10.4. The average Bonchev–Trinajstić information content (AvgIpc) is 2.04. The van der Waals surface area contributed by atoms with Crippen LogP contribution in [-0.4, -0.2) is 23.8 Å². The van der Waals surface area contributed by atoms with Crippen molar-refractivity contribution in [3.05, 3.63) is 11.6 Å². The normalized spacial score (nSPS) is 14.2. The lowest BCUT2D eigenvalue weighted by Gasteiger charge is -2.09. The zero-order valence-electron chi connectivity index (χ0n) is 8.54. The Hall–Kier alpha value is -0.830. The molecule has 76 valence electrons. The van der Waals surface area contributed by atoms with Crippen molar-refractivity contribution in [3.8, 4) is 0 Å². The highest BCUT2D eigenvalue weighted by Crippen LogP contribution is 2.01. The second kappa shape index (κ2) is 6.66. The van der Waals surface area contributed by atoms with Gasteiger partial charge < -0.3 is 9.84 Å². The van der Waals surface area contributed by atoms with Crippen molar-refractivity contribution in [2.75, 3.05) is 6.61 Å². The van der Waals surface area contributed by atoms with Crippen molar-refractivity contribution < 1.29 is 14.6 Å². The van der Waals surface area contributed by atoms with Gasteiger partial charge in [-0.1, -0.05) is 13.3 Å². The highest BCUT2D eigenvalue weighted by molar-refractivity contribution is 5.85. The van der Waals surface area contributed by atoms with Crippen LogP contribution in [0.25, 0.3) is 0 Å². The van der Waals surface area contributed by atoms with Crippen LogP contribution in [0.1, 0.15) is 33.6 Å². The molecular formula is C10H18O3. The standard InChI is InChI=1S/C10H18O3/c1-4-5-9(3)13-7-6-8(2)10(11)12/h6,9H,4-5,7H2,1-3H3,(H,11,12)/b8-6-. The van der Waals surface area contributed by atoms with Gasteiger partial charge >= 0.3 is 5.97 Å². The summed E-state index contributed by atoms with van der Waals surface area (Å²) in [5, 5.41) is 8.53. The van der Waals surface area contributed by atoms with E-state index in [0.29, 0.717) is 12.2 Å². The summed E-state index contributed by atoms with van der Waals surface area (Å²) < 4.78 is 5.36. The maximum atomic E-state index is 10.4. The quantitative estimate of drug-likeness (QED) is 0.647. The van der Waals surface area contributed by atoms with Crippen LogP contribution in [-0.2, 0) is 9.53 Å². The highest BCUT2D eigenvalue weighted by atomic mass is 16.5. The van der Waals surface area contributed by atoms with Gasteiger partial charge in [0.1, 0.15) is 0 Å². The second-order valence-electron chi connectivity index (χ2n) is 3.12. The summed E-state index contributed by atoms with van der Waals surface area (Å²) in [7, 11) is 0. The molecule has 0 aromatic carbocycles. The zero-order valence-corrected chi connectivity index (χ0v) is 8.54. The Labute approximate surface area is 79.4 Å². The Morgan fingerprint density at radius 2 is 2.23 bits per heavy atom. The van der Waals surface area contributed by atoms with Crippen molar-refractivity contribution in [3.63, 3.8) is 0 Å². The first kappa shape index (κ1) is 12.2. The predicted molar refractivity (Wildman–Crippen MR) is 51.7 cm³/mol. The van der Waals surface area contributed by atoms with Gasteiger partial charge in [0.15, 0.2) is 0 Å². The molecule has 0 fully saturated rings. The lowest BCUT2D eigenvalue weighted by Crippen LogP contribution is -2.08. The lowest BCUT2D eigenvalue weighted by atomic mass is 10.2. The van der Waals surface area contributed by atoms with Crippen LogP contribution in [0.2, 0.25) is 0 Å². The number of carbonyl (C=O) groups is 1. The summed E-state index contributed by atoms with van der Waals surface area (Å²) in [5.41, 5.74) is 0.337. The van der Waals surface area contributed by atoms with Crippen LogP contribution >= 0.6 is 0 Å². The second-order valence-corrected chi connectivity index (χ2v) is 3.12.